The minimum atomic E-state index is -1.29. The molecule has 0 bridgehead atoms. The predicted octanol–water partition coefficient (Wildman–Crippen LogP) is 1.56. The zero-order valence-corrected chi connectivity index (χ0v) is 11.6. The number of allylic oxidation sites excluding steroid dienone is 1. The summed E-state index contributed by atoms with van der Waals surface area (Å²) in [4.78, 5) is 29.5. The molecule has 0 unspecified atom stereocenters. The summed E-state index contributed by atoms with van der Waals surface area (Å²) in [6, 6.07) is 5.21. The summed E-state index contributed by atoms with van der Waals surface area (Å²) in [6.45, 7) is 1.66. The Morgan fingerprint density at radius 1 is 1.26 bits per heavy atom. The number of hydrogen-bond donors (Lipinski definition) is 2. The van der Waals surface area contributed by atoms with Crippen molar-refractivity contribution in [2.45, 2.75) is 6.92 Å². The average molecular weight is 278 g/mol. The third kappa shape index (κ3) is 7.89. The molecule has 1 aromatic rings. The van der Waals surface area contributed by atoms with Crippen molar-refractivity contribution in [3.05, 3.63) is 52.1 Å². The summed E-state index contributed by atoms with van der Waals surface area (Å²) in [5.74, 6) is -2.18. The van der Waals surface area contributed by atoms with Crippen LogP contribution in [-0.2, 0) is 4.79 Å². The lowest BCUT2D eigenvalue weighted by Crippen LogP contribution is -2.01. The van der Waals surface area contributed by atoms with Crippen LogP contribution in [0, 0.1) is 10.1 Å². The molecule has 19 heavy (non-hydrogen) atoms. The Hall–Kier alpha value is -1.93. The Bertz CT molecular complexity index is 453. The van der Waals surface area contributed by atoms with Crippen LogP contribution in [0.4, 0.5) is 5.69 Å². The number of para-hydroxylation sites is 1. The van der Waals surface area contributed by atoms with Gasteiger partial charge in [0.05, 0.1) is 4.92 Å². The molecule has 7 nitrogen and oxygen atoms in total. The van der Waals surface area contributed by atoms with Crippen LogP contribution < -0.4 is 0 Å². The van der Waals surface area contributed by atoms with Crippen molar-refractivity contribution >= 4 is 40.7 Å². The zero-order valence-electron chi connectivity index (χ0n) is 10.1. The van der Waals surface area contributed by atoms with Crippen molar-refractivity contribution in [3.63, 3.8) is 0 Å². The molecule has 2 radical (unpaired) electrons. The van der Waals surface area contributed by atoms with E-state index in [1.807, 2.05) is 0 Å². The van der Waals surface area contributed by atoms with Gasteiger partial charge in [0, 0.05) is 35.2 Å². The van der Waals surface area contributed by atoms with Gasteiger partial charge in [-0.25, -0.2) is 9.59 Å². The second kappa shape index (κ2) is 10.0. The Morgan fingerprint density at radius 3 is 2.05 bits per heavy atom. The first-order chi connectivity index (χ1) is 8.40. The highest BCUT2D eigenvalue weighted by molar-refractivity contribution is 5.92. The fourth-order valence-electron chi connectivity index (χ4n) is 0.956. The summed E-state index contributed by atoms with van der Waals surface area (Å²) >= 11 is 0. The third-order valence-corrected chi connectivity index (χ3v) is 1.64. The normalized spacial score (nSPS) is 8.89. The number of rotatable bonds is 3. The van der Waals surface area contributed by atoms with Gasteiger partial charge in [-0.2, -0.15) is 0 Å². The van der Waals surface area contributed by atoms with Gasteiger partial charge < -0.3 is 10.2 Å². The monoisotopic (exact) mass is 277 g/mol. The maximum atomic E-state index is 10.4. The molecule has 1 rings (SSSR count). The van der Waals surface area contributed by atoms with E-state index < -0.39 is 16.9 Å². The van der Waals surface area contributed by atoms with Gasteiger partial charge in [0.15, 0.2) is 0 Å². The molecule has 0 saturated heterocycles. The molecule has 1 aromatic carbocycles. The second-order valence-electron chi connectivity index (χ2n) is 2.92. The van der Waals surface area contributed by atoms with Crippen LogP contribution in [0.25, 0.3) is 0 Å². The molecule has 98 valence electrons. The lowest BCUT2D eigenvalue weighted by molar-refractivity contribution is -0.385. The molecule has 0 aliphatic carbocycles. The van der Waals surface area contributed by atoms with Crippen molar-refractivity contribution in [3.8, 4) is 0 Å². The molecule has 2 N–H and O–H groups in total. The van der Waals surface area contributed by atoms with E-state index in [2.05, 4.69) is 0 Å². The molecular formula is C11H11MgNO6. The van der Waals surface area contributed by atoms with Gasteiger partial charge in [-0.05, 0) is 13.0 Å². The van der Waals surface area contributed by atoms with E-state index in [1.54, 1.807) is 6.92 Å². The number of aliphatic carboxylic acids is 1. The van der Waals surface area contributed by atoms with E-state index >= 15 is 0 Å². The molecule has 0 amide bonds. The molecular weight excluding hydrogens is 266 g/mol. The standard InChI is InChI=1S/C7H5NO4.C4H6O2.Mg/c9-7(10)5-3-1-2-4-6(5)8(11)12;1-2-3-4(5)6;/h1-4H,(H,9,10);2-3H,1H3,(H,5,6);. The minimum absolute atomic E-state index is 0. The van der Waals surface area contributed by atoms with E-state index in [4.69, 9.17) is 10.2 Å². The van der Waals surface area contributed by atoms with Crippen molar-refractivity contribution in [1.82, 2.24) is 0 Å². The van der Waals surface area contributed by atoms with E-state index in [0.717, 1.165) is 12.1 Å². The van der Waals surface area contributed by atoms with Gasteiger partial charge in [0.1, 0.15) is 5.56 Å². The smallest absolute Gasteiger partial charge is 0.342 e. The highest BCUT2D eigenvalue weighted by atomic mass is 24.3. The molecule has 0 atom stereocenters. The SMILES string of the molecule is CC=CC(=O)O.O=C(O)c1ccccc1[N+](=O)[O-].[Mg]. The number of nitro benzene ring substituents is 1. The molecule has 0 heterocycles. The first-order valence-electron chi connectivity index (χ1n) is 4.72. The van der Waals surface area contributed by atoms with Crippen LogP contribution in [0.15, 0.2) is 36.4 Å². The number of carbonyl (C=O) groups is 2. The summed E-state index contributed by atoms with van der Waals surface area (Å²) in [5.41, 5.74) is -0.674. The van der Waals surface area contributed by atoms with Gasteiger partial charge in [0.2, 0.25) is 0 Å². The van der Waals surface area contributed by atoms with Gasteiger partial charge in [-0.3, -0.25) is 10.1 Å². The lowest BCUT2D eigenvalue weighted by Gasteiger charge is -1.94. The molecule has 0 aliphatic rings. The van der Waals surface area contributed by atoms with E-state index in [1.165, 1.54) is 24.3 Å². The molecule has 0 saturated carbocycles. The van der Waals surface area contributed by atoms with Crippen LogP contribution in [-0.4, -0.2) is 50.1 Å². The number of aromatic carboxylic acids is 1. The number of hydrogen-bond acceptors (Lipinski definition) is 4. The van der Waals surface area contributed by atoms with Crippen LogP contribution >= 0.6 is 0 Å². The topological polar surface area (TPSA) is 118 Å². The molecule has 0 aliphatic heterocycles. The predicted molar refractivity (Wildman–Crippen MR) is 68.3 cm³/mol. The van der Waals surface area contributed by atoms with Crippen LogP contribution in [0.1, 0.15) is 17.3 Å². The second-order valence-corrected chi connectivity index (χ2v) is 2.92. The van der Waals surface area contributed by atoms with Crippen molar-refractivity contribution in [1.29, 1.82) is 0 Å². The van der Waals surface area contributed by atoms with E-state index in [-0.39, 0.29) is 34.3 Å². The Kier molecular flexibility index (Phi) is 10.2. The average Bonchev–Trinajstić information content (AvgIpc) is 2.29. The highest BCUT2D eigenvalue weighted by Gasteiger charge is 2.17. The largest absolute Gasteiger partial charge is 0.478 e. The summed E-state index contributed by atoms with van der Waals surface area (Å²) in [6.07, 6.45) is 2.56. The Balaban J connectivity index is 0. The molecule has 0 fully saturated rings. The molecule has 8 heteroatoms. The van der Waals surface area contributed by atoms with Crippen molar-refractivity contribution < 1.29 is 24.7 Å². The number of nitrogens with zero attached hydrogens (tertiary/aromatic N) is 1. The maximum absolute atomic E-state index is 10.4. The summed E-state index contributed by atoms with van der Waals surface area (Å²) in [5, 5.41) is 26.6. The quantitative estimate of drug-likeness (QED) is 0.374. The molecule has 0 aromatic heterocycles. The maximum Gasteiger partial charge on any atom is 0.342 e. The van der Waals surface area contributed by atoms with Gasteiger partial charge in [-0.1, -0.05) is 18.2 Å². The zero-order chi connectivity index (χ0) is 14.1. The molecule has 0 spiro atoms. The van der Waals surface area contributed by atoms with Gasteiger partial charge in [0.25, 0.3) is 5.69 Å². The minimum Gasteiger partial charge on any atom is -0.478 e. The highest BCUT2D eigenvalue weighted by Crippen LogP contribution is 2.16. The summed E-state index contributed by atoms with van der Waals surface area (Å²) in [7, 11) is 0. The van der Waals surface area contributed by atoms with Crippen LogP contribution in [0.5, 0.6) is 0 Å². The van der Waals surface area contributed by atoms with Crippen molar-refractivity contribution in [2.75, 3.05) is 0 Å². The van der Waals surface area contributed by atoms with E-state index in [0.29, 0.717) is 0 Å². The first kappa shape index (κ1) is 19.4. The van der Waals surface area contributed by atoms with Crippen LogP contribution in [0.2, 0.25) is 0 Å². The number of benzene rings is 1. The third-order valence-electron chi connectivity index (χ3n) is 1.64. The Morgan fingerprint density at radius 2 is 1.79 bits per heavy atom. The first-order valence-corrected chi connectivity index (χ1v) is 4.72. The van der Waals surface area contributed by atoms with Crippen molar-refractivity contribution in [2.24, 2.45) is 0 Å². The number of carboxylic acids is 2. The fourth-order valence-corrected chi connectivity index (χ4v) is 0.956. The Labute approximate surface area is 124 Å². The number of nitro groups is 1. The summed E-state index contributed by atoms with van der Waals surface area (Å²) < 4.78 is 0. The fraction of sp³-hybridized carbons (Fsp3) is 0.0909. The van der Waals surface area contributed by atoms with Gasteiger partial charge in [-0.15, -0.1) is 0 Å². The van der Waals surface area contributed by atoms with Crippen LogP contribution in [0.3, 0.4) is 0 Å². The van der Waals surface area contributed by atoms with E-state index in [9.17, 15) is 19.7 Å². The number of carboxylic acid groups (broad SMARTS) is 2. The van der Waals surface area contributed by atoms with Gasteiger partial charge >= 0.3 is 11.9 Å². The lowest BCUT2D eigenvalue weighted by atomic mass is 10.2.